The zero-order valence-corrected chi connectivity index (χ0v) is 15.1. The van der Waals surface area contributed by atoms with Gasteiger partial charge in [0.15, 0.2) is 0 Å². The zero-order chi connectivity index (χ0) is 19.2. The van der Waals surface area contributed by atoms with E-state index in [1.807, 2.05) is 97.1 Å². The van der Waals surface area contributed by atoms with E-state index >= 15 is 0 Å². The standard InChI is InChI=1S/C25H18O3/c26-25(27-22-15-9-14-21(18-22)19-10-3-1-4-11-19)28-24-17-8-7-16-23(24)20-12-5-2-6-13-20/h1-18H. The molecule has 0 spiro atoms. The first kappa shape index (κ1) is 17.6. The molecule has 0 saturated carbocycles. The molecular formula is C25H18O3. The van der Waals surface area contributed by atoms with E-state index in [0.29, 0.717) is 11.5 Å². The number of carbonyl (C=O) groups is 1. The molecule has 0 heterocycles. The Balaban J connectivity index is 1.52. The molecule has 0 aliphatic rings. The molecule has 4 aromatic carbocycles. The van der Waals surface area contributed by atoms with Crippen LogP contribution in [0.1, 0.15) is 0 Å². The van der Waals surface area contributed by atoms with Gasteiger partial charge in [0.05, 0.1) is 0 Å². The van der Waals surface area contributed by atoms with Crippen molar-refractivity contribution in [3.8, 4) is 33.8 Å². The van der Waals surface area contributed by atoms with Crippen molar-refractivity contribution in [3.63, 3.8) is 0 Å². The lowest BCUT2D eigenvalue weighted by molar-refractivity contribution is 0.152. The third-order valence-corrected chi connectivity index (χ3v) is 4.31. The fourth-order valence-corrected chi connectivity index (χ4v) is 2.99. The minimum Gasteiger partial charge on any atom is -0.395 e. The van der Waals surface area contributed by atoms with Crippen molar-refractivity contribution in [2.24, 2.45) is 0 Å². The molecule has 3 nitrogen and oxygen atoms in total. The third-order valence-electron chi connectivity index (χ3n) is 4.31. The first-order valence-electron chi connectivity index (χ1n) is 8.99. The molecule has 0 amide bonds. The average Bonchev–Trinajstić information content (AvgIpc) is 2.75. The lowest BCUT2D eigenvalue weighted by atomic mass is 10.1. The molecule has 4 aromatic rings. The van der Waals surface area contributed by atoms with Crippen LogP contribution in [0.15, 0.2) is 109 Å². The maximum Gasteiger partial charge on any atom is 0.519 e. The number of hydrogen-bond acceptors (Lipinski definition) is 3. The molecule has 0 bridgehead atoms. The highest BCUT2D eigenvalue weighted by molar-refractivity contribution is 5.76. The van der Waals surface area contributed by atoms with Gasteiger partial charge in [-0.1, -0.05) is 91.0 Å². The van der Waals surface area contributed by atoms with E-state index in [1.165, 1.54) is 0 Å². The Bertz CT molecular complexity index is 1070. The first-order chi connectivity index (χ1) is 13.8. The maximum absolute atomic E-state index is 12.4. The van der Waals surface area contributed by atoms with Crippen molar-refractivity contribution in [1.82, 2.24) is 0 Å². The summed E-state index contributed by atoms with van der Waals surface area (Å²) in [5.41, 5.74) is 3.82. The summed E-state index contributed by atoms with van der Waals surface area (Å²) in [7, 11) is 0. The Kier molecular flexibility index (Phi) is 5.16. The second kappa shape index (κ2) is 8.23. The van der Waals surface area contributed by atoms with E-state index in [-0.39, 0.29) is 0 Å². The van der Waals surface area contributed by atoms with Gasteiger partial charge in [0, 0.05) is 5.56 Å². The minimum absolute atomic E-state index is 0.434. The van der Waals surface area contributed by atoms with Crippen LogP contribution in [0.25, 0.3) is 22.3 Å². The molecule has 4 rings (SSSR count). The van der Waals surface area contributed by atoms with Crippen molar-refractivity contribution < 1.29 is 14.3 Å². The Labute approximate surface area is 163 Å². The number of rotatable bonds is 4. The van der Waals surface area contributed by atoms with Gasteiger partial charge in [-0.3, -0.25) is 0 Å². The van der Waals surface area contributed by atoms with Crippen LogP contribution in [0.5, 0.6) is 11.5 Å². The Hall–Kier alpha value is -3.85. The highest BCUT2D eigenvalue weighted by atomic mass is 16.7. The van der Waals surface area contributed by atoms with E-state index in [2.05, 4.69) is 0 Å². The van der Waals surface area contributed by atoms with Gasteiger partial charge in [-0.05, 0) is 34.9 Å². The monoisotopic (exact) mass is 366 g/mol. The Morgan fingerprint density at radius 2 is 1.14 bits per heavy atom. The number of hydrogen-bond donors (Lipinski definition) is 0. The van der Waals surface area contributed by atoms with Crippen molar-refractivity contribution in [2.75, 3.05) is 0 Å². The van der Waals surface area contributed by atoms with E-state index in [0.717, 1.165) is 22.3 Å². The number of ether oxygens (including phenoxy) is 2. The molecule has 0 unspecified atom stereocenters. The van der Waals surface area contributed by atoms with Crippen molar-refractivity contribution in [1.29, 1.82) is 0 Å². The molecular weight excluding hydrogens is 348 g/mol. The molecule has 3 heteroatoms. The van der Waals surface area contributed by atoms with Crippen LogP contribution >= 0.6 is 0 Å². The van der Waals surface area contributed by atoms with Gasteiger partial charge < -0.3 is 9.47 Å². The van der Waals surface area contributed by atoms with Crippen LogP contribution in [-0.2, 0) is 0 Å². The van der Waals surface area contributed by atoms with Gasteiger partial charge in [0.25, 0.3) is 0 Å². The molecule has 0 atom stereocenters. The molecule has 0 radical (unpaired) electrons. The molecule has 0 N–H and O–H groups in total. The summed E-state index contributed by atoms with van der Waals surface area (Å²) in [4.78, 5) is 12.4. The van der Waals surface area contributed by atoms with Crippen LogP contribution in [0.4, 0.5) is 4.79 Å². The third kappa shape index (κ3) is 4.10. The van der Waals surface area contributed by atoms with Gasteiger partial charge in [0.1, 0.15) is 11.5 Å². The van der Waals surface area contributed by atoms with Crippen LogP contribution in [0, 0.1) is 0 Å². The number of benzene rings is 4. The summed E-state index contributed by atoms with van der Waals surface area (Å²) < 4.78 is 10.9. The largest absolute Gasteiger partial charge is 0.519 e. The van der Waals surface area contributed by atoms with E-state index in [1.54, 1.807) is 12.1 Å². The molecule has 136 valence electrons. The summed E-state index contributed by atoms with van der Waals surface area (Å²) in [5, 5.41) is 0. The van der Waals surface area contributed by atoms with Gasteiger partial charge in [0.2, 0.25) is 0 Å². The van der Waals surface area contributed by atoms with Crippen LogP contribution in [0.2, 0.25) is 0 Å². The van der Waals surface area contributed by atoms with Gasteiger partial charge in [-0.15, -0.1) is 0 Å². The van der Waals surface area contributed by atoms with Crippen LogP contribution < -0.4 is 9.47 Å². The maximum atomic E-state index is 12.4. The molecule has 28 heavy (non-hydrogen) atoms. The summed E-state index contributed by atoms with van der Waals surface area (Å²) in [6.45, 7) is 0. The fourth-order valence-electron chi connectivity index (χ4n) is 2.99. The predicted octanol–water partition coefficient (Wildman–Crippen LogP) is 6.60. The summed E-state index contributed by atoms with van der Waals surface area (Å²) in [5.74, 6) is 0.890. The lowest BCUT2D eigenvalue weighted by Crippen LogP contribution is -2.14. The van der Waals surface area contributed by atoms with E-state index in [4.69, 9.17) is 9.47 Å². The Morgan fingerprint density at radius 1 is 0.536 bits per heavy atom. The van der Waals surface area contributed by atoms with Gasteiger partial charge in [-0.2, -0.15) is 0 Å². The molecule has 0 aliphatic heterocycles. The fraction of sp³-hybridized carbons (Fsp3) is 0. The molecule has 0 aliphatic carbocycles. The van der Waals surface area contributed by atoms with E-state index < -0.39 is 6.16 Å². The first-order valence-corrected chi connectivity index (χ1v) is 8.99. The highest BCUT2D eigenvalue weighted by Crippen LogP contribution is 2.30. The molecule has 0 aromatic heterocycles. The summed E-state index contributed by atoms with van der Waals surface area (Å²) in [6, 6.07) is 34.5. The van der Waals surface area contributed by atoms with E-state index in [9.17, 15) is 4.79 Å². The zero-order valence-electron chi connectivity index (χ0n) is 15.1. The predicted molar refractivity (Wildman–Crippen MR) is 110 cm³/mol. The van der Waals surface area contributed by atoms with Crippen LogP contribution in [-0.4, -0.2) is 6.16 Å². The summed E-state index contributed by atoms with van der Waals surface area (Å²) >= 11 is 0. The van der Waals surface area contributed by atoms with Crippen molar-refractivity contribution in [2.45, 2.75) is 0 Å². The topological polar surface area (TPSA) is 35.5 Å². The second-order valence-electron chi connectivity index (χ2n) is 6.21. The van der Waals surface area contributed by atoms with Crippen LogP contribution in [0.3, 0.4) is 0 Å². The Morgan fingerprint density at radius 3 is 1.89 bits per heavy atom. The lowest BCUT2D eigenvalue weighted by Gasteiger charge is -2.11. The molecule has 0 fully saturated rings. The number of para-hydroxylation sites is 1. The SMILES string of the molecule is O=C(Oc1cccc(-c2ccccc2)c1)Oc1ccccc1-c1ccccc1. The van der Waals surface area contributed by atoms with Gasteiger partial charge >= 0.3 is 6.16 Å². The highest BCUT2D eigenvalue weighted by Gasteiger charge is 2.13. The second-order valence-corrected chi connectivity index (χ2v) is 6.21. The average molecular weight is 366 g/mol. The quantitative estimate of drug-likeness (QED) is 0.301. The van der Waals surface area contributed by atoms with Crippen molar-refractivity contribution >= 4 is 6.16 Å². The smallest absolute Gasteiger partial charge is 0.395 e. The number of carbonyl (C=O) groups excluding carboxylic acids is 1. The van der Waals surface area contributed by atoms with Gasteiger partial charge in [-0.25, -0.2) is 4.79 Å². The normalized spacial score (nSPS) is 10.3. The summed E-state index contributed by atoms with van der Waals surface area (Å²) in [6.07, 6.45) is -0.770. The molecule has 0 saturated heterocycles. The minimum atomic E-state index is -0.770. The van der Waals surface area contributed by atoms with Crippen molar-refractivity contribution in [3.05, 3.63) is 109 Å².